The molecule has 2 heterocycles. The summed E-state index contributed by atoms with van der Waals surface area (Å²) in [4.78, 5) is 28.6. The maximum absolute atomic E-state index is 13.9. The van der Waals surface area contributed by atoms with E-state index in [9.17, 15) is 31.5 Å². The van der Waals surface area contributed by atoms with Crippen LogP contribution in [0, 0.1) is 29.1 Å². The van der Waals surface area contributed by atoms with Crippen LogP contribution >= 0.6 is 0 Å². The number of halogens is 5. The van der Waals surface area contributed by atoms with Crippen molar-refractivity contribution in [3.8, 4) is 0 Å². The predicted octanol–water partition coefficient (Wildman–Crippen LogP) is 3.96. The SMILES string of the molecule is CN(C(=O)Nc1cc(F)c(F)c(F)c1)C1COCc2[nH]c(=O)c3cc(F)c(F)cc3c21. The van der Waals surface area contributed by atoms with Gasteiger partial charge in [-0.05, 0) is 17.5 Å². The number of hydrogen-bond acceptors (Lipinski definition) is 3. The van der Waals surface area contributed by atoms with Crippen LogP contribution in [0.15, 0.2) is 29.1 Å². The van der Waals surface area contributed by atoms with Crippen molar-refractivity contribution < 1.29 is 31.5 Å². The Hall–Kier alpha value is -3.47. The van der Waals surface area contributed by atoms with Crippen LogP contribution in [0.1, 0.15) is 17.3 Å². The van der Waals surface area contributed by atoms with Gasteiger partial charge in [0.1, 0.15) is 0 Å². The topological polar surface area (TPSA) is 74.4 Å². The van der Waals surface area contributed by atoms with E-state index < -0.39 is 46.7 Å². The van der Waals surface area contributed by atoms with Crippen molar-refractivity contribution in [3.63, 3.8) is 0 Å². The first-order valence-corrected chi connectivity index (χ1v) is 8.97. The number of carbonyl (C=O) groups excluding carboxylic acids is 1. The van der Waals surface area contributed by atoms with Crippen LogP contribution in [-0.4, -0.2) is 29.6 Å². The molecule has 2 aromatic carbocycles. The number of aromatic amines is 1. The molecule has 1 aliphatic heterocycles. The van der Waals surface area contributed by atoms with E-state index in [1.165, 1.54) is 7.05 Å². The van der Waals surface area contributed by atoms with Crippen LogP contribution in [0.4, 0.5) is 32.4 Å². The summed E-state index contributed by atoms with van der Waals surface area (Å²) in [7, 11) is 1.34. The van der Waals surface area contributed by atoms with Crippen molar-refractivity contribution in [1.29, 1.82) is 0 Å². The fraction of sp³-hybridized carbons (Fsp3) is 0.200. The number of urea groups is 1. The van der Waals surface area contributed by atoms with Crippen LogP contribution in [0.3, 0.4) is 0 Å². The standard InChI is InChI=1S/C20H14F5N3O3/c1-28(20(30)26-8-2-13(23)18(25)14(24)3-8)16-7-31-6-15-17(16)9-4-11(21)12(22)5-10(9)19(29)27-15/h2-5,16H,6-7H2,1H3,(H,26,30)(H,27,29). The molecule has 11 heteroatoms. The van der Waals surface area contributed by atoms with Crippen LogP contribution < -0.4 is 10.9 Å². The number of nitrogens with one attached hydrogen (secondary N) is 2. The molecule has 0 radical (unpaired) electrons. The highest BCUT2D eigenvalue weighted by Crippen LogP contribution is 2.34. The van der Waals surface area contributed by atoms with Gasteiger partial charge in [0.2, 0.25) is 0 Å². The zero-order chi connectivity index (χ0) is 22.4. The molecule has 1 atom stereocenters. The number of pyridine rings is 1. The van der Waals surface area contributed by atoms with Crippen molar-refractivity contribution in [2.45, 2.75) is 12.6 Å². The number of ether oxygens (including phenoxy) is 1. The summed E-state index contributed by atoms with van der Waals surface area (Å²) >= 11 is 0. The molecule has 0 aliphatic carbocycles. The minimum Gasteiger partial charge on any atom is -0.373 e. The lowest BCUT2D eigenvalue weighted by Gasteiger charge is -2.33. The highest BCUT2D eigenvalue weighted by Gasteiger charge is 2.31. The largest absolute Gasteiger partial charge is 0.373 e. The summed E-state index contributed by atoms with van der Waals surface area (Å²) in [5, 5.41) is 2.23. The van der Waals surface area contributed by atoms with E-state index in [4.69, 9.17) is 4.74 Å². The average Bonchev–Trinajstić information content (AvgIpc) is 2.72. The van der Waals surface area contributed by atoms with Gasteiger partial charge in [0.05, 0.1) is 24.6 Å². The number of benzene rings is 2. The number of fused-ring (bicyclic) bond motifs is 3. The van der Waals surface area contributed by atoms with Gasteiger partial charge >= 0.3 is 6.03 Å². The van der Waals surface area contributed by atoms with Gasteiger partial charge in [0.15, 0.2) is 29.1 Å². The minimum atomic E-state index is -1.68. The Labute approximate surface area is 171 Å². The van der Waals surface area contributed by atoms with E-state index in [1.807, 2.05) is 0 Å². The van der Waals surface area contributed by atoms with Crippen LogP contribution in [-0.2, 0) is 11.3 Å². The average molecular weight is 439 g/mol. The summed E-state index contributed by atoms with van der Waals surface area (Å²) in [6.45, 7) is -0.0803. The lowest BCUT2D eigenvalue weighted by molar-refractivity contribution is 0.0527. The number of anilines is 1. The van der Waals surface area contributed by atoms with Crippen molar-refractivity contribution >= 4 is 22.5 Å². The molecule has 1 aromatic heterocycles. The number of H-pyrrole nitrogens is 1. The summed E-state index contributed by atoms with van der Waals surface area (Å²) in [6, 6.07) is 1.16. The number of amides is 2. The molecule has 162 valence electrons. The molecule has 0 fully saturated rings. The quantitative estimate of drug-likeness (QED) is 0.469. The highest BCUT2D eigenvalue weighted by atomic mass is 19.2. The smallest absolute Gasteiger partial charge is 0.322 e. The normalized spacial score (nSPS) is 15.6. The lowest BCUT2D eigenvalue weighted by Crippen LogP contribution is -2.40. The first-order valence-electron chi connectivity index (χ1n) is 8.97. The van der Waals surface area contributed by atoms with E-state index in [2.05, 4.69) is 10.3 Å². The van der Waals surface area contributed by atoms with E-state index >= 15 is 0 Å². The van der Waals surface area contributed by atoms with E-state index in [1.54, 1.807) is 0 Å². The van der Waals surface area contributed by atoms with Gasteiger partial charge in [0.25, 0.3) is 5.56 Å². The highest BCUT2D eigenvalue weighted by molar-refractivity contribution is 5.91. The second kappa shape index (κ2) is 7.65. The monoisotopic (exact) mass is 439 g/mol. The Morgan fingerprint density at radius 3 is 2.29 bits per heavy atom. The number of nitrogens with zero attached hydrogens (tertiary/aromatic N) is 1. The molecule has 4 rings (SSSR count). The summed E-state index contributed by atoms with van der Waals surface area (Å²) in [5.41, 5.74) is -0.363. The zero-order valence-electron chi connectivity index (χ0n) is 15.9. The Morgan fingerprint density at radius 2 is 1.65 bits per heavy atom. The number of aromatic nitrogens is 1. The molecule has 2 amide bonds. The molecule has 1 aliphatic rings. The van der Waals surface area contributed by atoms with Gasteiger partial charge in [0, 0.05) is 36.1 Å². The molecule has 1 unspecified atom stereocenters. The molecule has 31 heavy (non-hydrogen) atoms. The van der Waals surface area contributed by atoms with Gasteiger partial charge in [-0.1, -0.05) is 0 Å². The first-order chi connectivity index (χ1) is 14.7. The summed E-state index contributed by atoms with van der Waals surface area (Å²) in [6.07, 6.45) is 0. The Kier molecular flexibility index (Phi) is 5.13. The van der Waals surface area contributed by atoms with E-state index in [-0.39, 0.29) is 35.4 Å². The molecule has 0 spiro atoms. The molecular formula is C20H14F5N3O3. The summed E-state index contributed by atoms with van der Waals surface area (Å²) in [5.74, 6) is -7.01. The first kappa shape index (κ1) is 20.8. The second-order valence-electron chi connectivity index (χ2n) is 6.98. The third-order valence-electron chi connectivity index (χ3n) is 5.06. The molecule has 6 nitrogen and oxygen atoms in total. The van der Waals surface area contributed by atoms with E-state index in [0.29, 0.717) is 17.7 Å². The van der Waals surface area contributed by atoms with Gasteiger partial charge in [-0.15, -0.1) is 0 Å². The van der Waals surface area contributed by atoms with Crippen LogP contribution in [0.5, 0.6) is 0 Å². The molecule has 0 saturated carbocycles. The number of hydrogen-bond donors (Lipinski definition) is 2. The molecule has 0 bridgehead atoms. The summed E-state index contributed by atoms with van der Waals surface area (Å²) < 4.78 is 73.0. The Morgan fingerprint density at radius 1 is 1.03 bits per heavy atom. The molecule has 3 aromatic rings. The Balaban J connectivity index is 1.73. The van der Waals surface area contributed by atoms with Gasteiger partial charge in [-0.3, -0.25) is 4.79 Å². The Bertz CT molecular complexity index is 1250. The number of likely N-dealkylation sites (N-methyl/N-ethyl adjacent to an activating group) is 1. The molecular weight excluding hydrogens is 425 g/mol. The maximum atomic E-state index is 13.9. The maximum Gasteiger partial charge on any atom is 0.322 e. The van der Waals surface area contributed by atoms with Crippen LogP contribution in [0.25, 0.3) is 10.8 Å². The van der Waals surface area contributed by atoms with Gasteiger partial charge in [-0.2, -0.15) is 0 Å². The van der Waals surface area contributed by atoms with Crippen molar-refractivity contribution in [2.24, 2.45) is 0 Å². The van der Waals surface area contributed by atoms with Crippen molar-refractivity contribution in [1.82, 2.24) is 9.88 Å². The lowest BCUT2D eigenvalue weighted by atomic mass is 9.95. The predicted molar refractivity (Wildman–Crippen MR) is 100.0 cm³/mol. The third-order valence-corrected chi connectivity index (χ3v) is 5.06. The zero-order valence-corrected chi connectivity index (χ0v) is 15.9. The fourth-order valence-electron chi connectivity index (χ4n) is 3.53. The molecule has 0 saturated heterocycles. The number of rotatable bonds is 2. The van der Waals surface area contributed by atoms with Gasteiger partial charge in [-0.25, -0.2) is 26.7 Å². The number of carbonyl (C=O) groups is 1. The van der Waals surface area contributed by atoms with Crippen molar-refractivity contribution in [2.75, 3.05) is 19.0 Å². The van der Waals surface area contributed by atoms with E-state index in [0.717, 1.165) is 17.0 Å². The second-order valence-corrected chi connectivity index (χ2v) is 6.98. The van der Waals surface area contributed by atoms with Crippen molar-refractivity contribution in [3.05, 3.63) is 75.0 Å². The minimum absolute atomic E-state index is 0.0279. The fourth-order valence-corrected chi connectivity index (χ4v) is 3.53. The van der Waals surface area contributed by atoms with Gasteiger partial charge < -0.3 is 19.9 Å². The third kappa shape index (κ3) is 3.61. The van der Waals surface area contributed by atoms with Crippen LogP contribution in [0.2, 0.25) is 0 Å². The molecule has 2 N–H and O–H groups in total.